The minimum absolute atomic E-state index is 0.0648. The SMILES string of the molecule is Nc1nc(=O)n(-c2ccccc2Cl)c2cc(OC(F)(F)F)ccc12.OC1CCC1. The monoisotopic (exact) mass is 427 g/mol. The van der Waals surface area contributed by atoms with Crippen molar-refractivity contribution in [2.45, 2.75) is 31.7 Å². The first-order valence-corrected chi connectivity index (χ1v) is 9.04. The number of halogens is 4. The number of aromatic nitrogens is 2. The highest BCUT2D eigenvalue weighted by atomic mass is 35.5. The van der Waals surface area contributed by atoms with Crippen LogP contribution < -0.4 is 16.2 Å². The van der Waals surface area contributed by atoms with Gasteiger partial charge in [-0.3, -0.25) is 4.57 Å². The zero-order valence-corrected chi connectivity index (χ0v) is 15.7. The predicted molar refractivity (Wildman–Crippen MR) is 103 cm³/mol. The number of hydrogen-bond acceptors (Lipinski definition) is 5. The van der Waals surface area contributed by atoms with Gasteiger partial charge in [0, 0.05) is 11.5 Å². The molecule has 1 aromatic heterocycles. The first-order valence-electron chi connectivity index (χ1n) is 8.67. The van der Waals surface area contributed by atoms with E-state index in [2.05, 4.69) is 9.72 Å². The van der Waals surface area contributed by atoms with Crippen LogP contribution in [0, 0.1) is 0 Å². The summed E-state index contributed by atoms with van der Waals surface area (Å²) in [4.78, 5) is 15.9. The van der Waals surface area contributed by atoms with E-state index >= 15 is 0 Å². The number of nitrogens with two attached hydrogens (primary N) is 1. The van der Waals surface area contributed by atoms with Gasteiger partial charge in [0.15, 0.2) is 0 Å². The van der Waals surface area contributed by atoms with Crippen LogP contribution in [-0.2, 0) is 0 Å². The van der Waals surface area contributed by atoms with Gasteiger partial charge in [-0.1, -0.05) is 23.7 Å². The average Bonchev–Trinajstić information content (AvgIpc) is 2.60. The molecule has 0 bridgehead atoms. The second-order valence-electron chi connectivity index (χ2n) is 6.38. The molecule has 1 fully saturated rings. The molecule has 29 heavy (non-hydrogen) atoms. The van der Waals surface area contributed by atoms with Crippen molar-refractivity contribution in [1.82, 2.24) is 9.55 Å². The normalized spacial score (nSPS) is 14.1. The Morgan fingerprint density at radius 3 is 2.41 bits per heavy atom. The zero-order chi connectivity index (χ0) is 21.2. The molecule has 1 aliphatic rings. The molecule has 4 rings (SSSR count). The fourth-order valence-corrected chi connectivity index (χ4v) is 2.90. The Balaban J connectivity index is 0.000000419. The standard InChI is InChI=1S/C15H9ClF3N3O2.C4H8O/c16-10-3-1-2-4-11(10)22-12-7-8(24-15(17,18)19)5-6-9(12)13(20)21-14(22)23;5-4-2-1-3-4/h1-7H,(H2,20,21,23);4-5H,1-3H2. The Hall–Kier alpha value is -2.78. The molecule has 0 atom stereocenters. The molecule has 0 amide bonds. The maximum atomic E-state index is 12.4. The first-order chi connectivity index (χ1) is 13.7. The van der Waals surface area contributed by atoms with Crippen LogP contribution in [-0.4, -0.2) is 27.1 Å². The lowest BCUT2D eigenvalue weighted by Gasteiger charge is -2.17. The van der Waals surface area contributed by atoms with Crippen molar-refractivity contribution in [1.29, 1.82) is 0 Å². The summed E-state index contributed by atoms with van der Waals surface area (Å²) in [6, 6.07) is 9.82. The molecule has 0 aliphatic heterocycles. The van der Waals surface area contributed by atoms with E-state index < -0.39 is 17.8 Å². The number of hydrogen-bond donors (Lipinski definition) is 2. The van der Waals surface area contributed by atoms with Crippen LogP contribution in [0.1, 0.15) is 19.3 Å². The summed E-state index contributed by atoms with van der Waals surface area (Å²) in [7, 11) is 0. The van der Waals surface area contributed by atoms with Crippen LogP contribution in [0.4, 0.5) is 19.0 Å². The van der Waals surface area contributed by atoms with E-state index in [4.69, 9.17) is 22.4 Å². The minimum atomic E-state index is -4.86. The Labute approximate surface area is 168 Å². The highest BCUT2D eigenvalue weighted by molar-refractivity contribution is 6.32. The van der Waals surface area contributed by atoms with Crippen molar-refractivity contribution in [3.8, 4) is 11.4 Å². The molecule has 0 unspecified atom stereocenters. The molecule has 0 saturated heterocycles. The number of nitrogens with zero attached hydrogens (tertiary/aromatic N) is 2. The van der Waals surface area contributed by atoms with Gasteiger partial charge in [-0.2, -0.15) is 4.98 Å². The third-order valence-corrected chi connectivity index (χ3v) is 4.61. The highest BCUT2D eigenvalue weighted by Crippen LogP contribution is 2.30. The van der Waals surface area contributed by atoms with Crippen LogP contribution in [0.15, 0.2) is 47.3 Å². The summed E-state index contributed by atoms with van der Waals surface area (Å²) >= 11 is 6.09. The molecule has 3 N–H and O–H groups in total. The first kappa shape index (κ1) is 20.9. The predicted octanol–water partition coefficient (Wildman–Crippen LogP) is 4.05. The summed E-state index contributed by atoms with van der Waals surface area (Å²) in [5, 5.41) is 8.97. The molecular formula is C19H17ClF3N3O3. The third-order valence-electron chi connectivity index (χ3n) is 4.30. The second-order valence-corrected chi connectivity index (χ2v) is 6.79. The van der Waals surface area contributed by atoms with Crippen molar-refractivity contribution < 1.29 is 23.0 Å². The number of para-hydroxylation sites is 1. The quantitative estimate of drug-likeness (QED) is 0.644. The lowest BCUT2D eigenvalue weighted by atomic mass is 9.97. The van der Waals surface area contributed by atoms with Gasteiger partial charge in [0.05, 0.1) is 22.3 Å². The molecule has 10 heteroatoms. The Morgan fingerprint density at radius 1 is 1.21 bits per heavy atom. The molecule has 6 nitrogen and oxygen atoms in total. The van der Waals surface area contributed by atoms with E-state index in [9.17, 15) is 18.0 Å². The van der Waals surface area contributed by atoms with E-state index in [-0.39, 0.29) is 28.1 Å². The fourth-order valence-electron chi connectivity index (χ4n) is 2.68. The Morgan fingerprint density at radius 2 is 1.86 bits per heavy atom. The number of rotatable bonds is 2. The average molecular weight is 428 g/mol. The van der Waals surface area contributed by atoms with Crippen LogP contribution in [0.25, 0.3) is 16.6 Å². The van der Waals surface area contributed by atoms with Gasteiger partial charge in [0.25, 0.3) is 0 Å². The van der Waals surface area contributed by atoms with E-state index in [1.807, 2.05) is 0 Å². The summed E-state index contributed by atoms with van der Waals surface area (Å²) in [6.45, 7) is 0. The fraction of sp³-hybridized carbons (Fsp3) is 0.263. The number of nitrogen functional groups attached to an aromatic ring is 1. The number of benzene rings is 2. The van der Waals surface area contributed by atoms with Gasteiger partial charge < -0.3 is 15.6 Å². The van der Waals surface area contributed by atoms with Gasteiger partial charge in [-0.05, 0) is 43.5 Å². The molecule has 0 radical (unpaired) electrons. The molecule has 0 spiro atoms. The van der Waals surface area contributed by atoms with Crippen LogP contribution in [0.3, 0.4) is 0 Å². The Kier molecular flexibility index (Phi) is 5.99. The highest BCUT2D eigenvalue weighted by Gasteiger charge is 2.31. The number of aliphatic hydroxyl groups excluding tert-OH is 1. The van der Waals surface area contributed by atoms with Crippen molar-refractivity contribution in [3.63, 3.8) is 0 Å². The minimum Gasteiger partial charge on any atom is -0.406 e. The van der Waals surface area contributed by atoms with Gasteiger partial charge in [0.1, 0.15) is 11.6 Å². The van der Waals surface area contributed by atoms with E-state index in [0.717, 1.165) is 29.5 Å². The smallest absolute Gasteiger partial charge is 0.406 e. The van der Waals surface area contributed by atoms with Crippen molar-refractivity contribution in [3.05, 3.63) is 58.0 Å². The summed E-state index contributed by atoms with van der Waals surface area (Å²) in [6.07, 6.45) is -1.47. The molecule has 2 aromatic carbocycles. The van der Waals surface area contributed by atoms with Crippen molar-refractivity contribution in [2.75, 3.05) is 5.73 Å². The molecule has 1 aliphatic carbocycles. The van der Waals surface area contributed by atoms with Gasteiger partial charge >= 0.3 is 12.1 Å². The number of aliphatic hydroxyl groups is 1. The summed E-state index contributed by atoms with van der Waals surface area (Å²) in [5.74, 6) is -0.585. The second kappa shape index (κ2) is 8.30. The maximum absolute atomic E-state index is 12.4. The third kappa shape index (κ3) is 4.99. The molecular weight excluding hydrogens is 411 g/mol. The number of fused-ring (bicyclic) bond motifs is 1. The lowest BCUT2D eigenvalue weighted by molar-refractivity contribution is -0.274. The lowest BCUT2D eigenvalue weighted by Crippen LogP contribution is -2.23. The van der Waals surface area contributed by atoms with Crippen LogP contribution >= 0.6 is 11.6 Å². The van der Waals surface area contributed by atoms with E-state index in [1.165, 1.54) is 12.5 Å². The molecule has 1 heterocycles. The van der Waals surface area contributed by atoms with Gasteiger partial charge in [-0.15, -0.1) is 13.2 Å². The zero-order valence-electron chi connectivity index (χ0n) is 15.0. The Bertz CT molecular complexity index is 1080. The van der Waals surface area contributed by atoms with Crippen molar-refractivity contribution in [2.24, 2.45) is 0 Å². The number of alkyl halides is 3. The van der Waals surface area contributed by atoms with Crippen molar-refractivity contribution >= 4 is 28.3 Å². The molecule has 3 aromatic rings. The van der Waals surface area contributed by atoms with Crippen LogP contribution in [0.2, 0.25) is 5.02 Å². The molecule has 154 valence electrons. The molecule has 1 saturated carbocycles. The van der Waals surface area contributed by atoms with E-state index in [0.29, 0.717) is 5.39 Å². The van der Waals surface area contributed by atoms with Crippen LogP contribution in [0.5, 0.6) is 5.75 Å². The van der Waals surface area contributed by atoms with E-state index in [1.54, 1.807) is 24.3 Å². The van der Waals surface area contributed by atoms with Gasteiger partial charge in [0.2, 0.25) is 0 Å². The van der Waals surface area contributed by atoms with Gasteiger partial charge in [-0.25, -0.2) is 4.79 Å². The largest absolute Gasteiger partial charge is 0.573 e. The number of ether oxygens (including phenoxy) is 1. The summed E-state index contributed by atoms with van der Waals surface area (Å²) in [5.41, 5.74) is 5.30. The summed E-state index contributed by atoms with van der Waals surface area (Å²) < 4.78 is 42.3. The topological polar surface area (TPSA) is 90.4 Å². The number of anilines is 1. The maximum Gasteiger partial charge on any atom is 0.573 e.